The summed E-state index contributed by atoms with van der Waals surface area (Å²) in [5, 5.41) is 1.63. The van der Waals surface area contributed by atoms with Gasteiger partial charge in [0, 0.05) is 16.5 Å². The van der Waals surface area contributed by atoms with Crippen LogP contribution in [-0.2, 0) is 16.5 Å². The first-order chi connectivity index (χ1) is 5.79. The monoisotopic (exact) mass is 256 g/mol. The van der Waals surface area contributed by atoms with Crippen LogP contribution in [-0.4, -0.2) is 0 Å². The molecule has 0 aromatic heterocycles. The molecule has 0 aliphatic heterocycles. The molecule has 0 saturated carbocycles. The fourth-order valence-electron chi connectivity index (χ4n) is 0.701. The molecule has 78 valence electrons. The summed E-state index contributed by atoms with van der Waals surface area (Å²) in [6.07, 6.45) is 0. The molecule has 0 radical (unpaired) electrons. The Labute approximate surface area is 98.1 Å². The van der Waals surface area contributed by atoms with E-state index >= 15 is 0 Å². The first-order valence-electron chi connectivity index (χ1n) is 3.53. The molecule has 2 aromatic rings. The van der Waals surface area contributed by atoms with Gasteiger partial charge in [-0.1, -0.05) is 5.02 Å². The predicted octanol–water partition coefficient (Wildman–Crippen LogP) is 4.12. The van der Waals surface area contributed by atoms with Crippen molar-refractivity contribution >= 4 is 23.2 Å². The predicted molar refractivity (Wildman–Crippen MR) is 54.1 cm³/mol. The van der Waals surface area contributed by atoms with Gasteiger partial charge in [0.1, 0.15) is 0 Å². The molecule has 13 heavy (non-hydrogen) atoms. The third-order valence-corrected chi connectivity index (χ3v) is 1.75. The Kier molecular flexibility index (Phi) is 7.08. The first kappa shape index (κ1) is 12.8. The molecule has 2 rings (SSSR count). The Morgan fingerprint density at radius 1 is 0.923 bits per heavy atom. The zero-order valence-electron chi connectivity index (χ0n) is 6.69. The van der Waals surface area contributed by atoms with Gasteiger partial charge in [0.05, 0.1) is 0 Å². The minimum atomic E-state index is 0. The molecule has 0 bridgehead atoms. The van der Waals surface area contributed by atoms with E-state index in [2.05, 4.69) is 0 Å². The maximum absolute atomic E-state index is 5.46. The SMILES string of the molecule is Cl[c-]1[cH-][cH-][cH-][cH-]1.Cl[c-]1cccc1.[Ni]. The Bertz CT molecular complexity index is 252. The molecular weight excluding hydrogens is 250 g/mol. The van der Waals surface area contributed by atoms with Crippen LogP contribution in [0.25, 0.3) is 0 Å². The van der Waals surface area contributed by atoms with E-state index < -0.39 is 0 Å². The summed E-state index contributed by atoms with van der Waals surface area (Å²) in [6, 6.07) is 15.0. The van der Waals surface area contributed by atoms with E-state index in [1.165, 1.54) is 0 Å². The standard InChI is InChI=1S/2C5H4Cl.Ni/c2*6-5-3-1-2-4-5;/h2*1-4H;/q-5;-1;. The van der Waals surface area contributed by atoms with Crippen LogP contribution in [0.5, 0.6) is 0 Å². The molecular formula is C10H8Cl2Ni-6. The van der Waals surface area contributed by atoms with Gasteiger partial charge in [-0.05, 0) is 0 Å². The molecule has 0 aliphatic carbocycles. The first-order valence-corrected chi connectivity index (χ1v) is 4.29. The number of hydrogen-bond acceptors (Lipinski definition) is 0. The van der Waals surface area contributed by atoms with Gasteiger partial charge >= 0.3 is 0 Å². The second-order valence-corrected chi connectivity index (χ2v) is 3.08. The van der Waals surface area contributed by atoms with Gasteiger partial charge in [-0.15, -0.1) is 0 Å². The van der Waals surface area contributed by atoms with Crippen LogP contribution < -0.4 is 0 Å². The molecule has 2 aromatic carbocycles. The van der Waals surface area contributed by atoms with Crippen molar-refractivity contribution in [1.29, 1.82) is 0 Å². The zero-order chi connectivity index (χ0) is 8.81. The Morgan fingerprint density at radius 3 is 1.54 bits per heavy atom. The van der Waals surface area contributed by atoms with Crippen LogP contribution in [0.2, 0.25) is 10.0 Å². The van der Waals surface area contributed by atoms with Gasteiger partial charge < -0.3 is 40.9 Å². The van der Waals surface area contributed by atoms with Crippen molar-refractivity contribution in [3.05, 3.63) is 58.6 Å². The van der Waals surface area contributed by atoms with E-state index in [0.29, 0.717) is 0 Å². The van der Waals surface area contributed by atoms with Gasteiger partial charge in [-0.3, -0.25) is 0 Å². The van der Waals surface area contributed by atoms with Crippen molar-refractivity contribution < 1.29 is 16.5 Å². The van der Waals surface area contributed by atoms with Crippen LogP contribution in [0.15, 0.2) is 48.5 Å². The summed E-state index contributed by atoms with van der Waals surface area (Å²) in [5.74, 6) is 0. The van der Waals surface area contributed by atoms with E-state index in [-0.39, 0.29) is 16.5 Å². The fourth-order valence-corrected chi connectivity index (χ4v) is 0.992. The molecule has 0 amide bonds. The van der Waals surface area contributed by atoms with Gasteiger partial charge in [0.2, 0.25) is 0 Å². The maximum atomic E-state index is 5.46. The molecule has 0 unspecified atom stereocenters. The summed E-state index contributed by atoms with van der Waals surface area (Å²) < 4.78 is 0. The second kappa shape index (κ2) is 7.20. The van der Waals surface area contributed by atoms with Gasteiger partial charge in [-0.2, -0.15) is 23.7 Å². The molecule has 0 fully saturated rings. The van der Waals surface area contributed by atoms with Gasteiger partial charge in [-0.25, -0.2) is 12.1 Å². The minimum Gasteiger partial charge on any atom is -0.747 e. The summed E-state index contributed by atoms with van der Waals surface area (Å²) in [7, 11) is 0. The summed E-state index contributed by atoms with van der Waals surface area (Å²) in [6.45, 7) is 0. The zero-order valence-corrected chi connectivity index (χ0v) is 9.19. The Hall–Kier alpha value is -0.226. The summed E-state index contributed by atoms with van der Waals surface area (Å²) >= 11 is 10.9. The molecule has 0 spiro atoms. The number of hydrogen-bond donors (Lipinski definition) is 0. The molecule has 0 atom stereocenters. The van der Waals surface area contributed by atoms with Gasteiger partial charge in [0.25, 0.3) is 0 Å². The van der Waals surface area contributed by atoms with E-state index in [9.17, 15) is 0 Å². The Morgan fingerprint density at radius 2 is 1.38 bits per heavy atom. The number of halogens is 2. The third-order valence-electron chi connectivity index (χ3n) is 1.24. The van der Waals surface area contributed by atoms with Crippen molar-refractivity contribution in [2.75, 3.05) is 0 Å². The van der Waals surface area contributed by atoms with Crippen LogP contribution in [0.1, 0.15) is 0 Å². The second-order valence-electron chi connectivity index (χ2n) is 2.21. The van der Waals surface area contributed by atoms with Crippen LogP contribution in [0.4, 0.5) is 0 Å². The quantitative estimate of drug-likeness (QED) is 0.492. The van der Waals surface area contributed by atoms with E-state index in [1.807, 2.05) is 48.5 Å². The largest absolute Gasteiger partial charge is 0.747 e. The summed E-state index contributed by atoms with van der Waals surface area (Å²) in [4.78, 5) is 0. The molecule has 3 heteroatoms. The molecule has 0 aliphatic rings. The van der Waals surface area contributed by atoms with Crippen molar-refractivity contribution in [3.8, 4) is 0 Å². The van der Waals surface area contributed by atoms with E-state index in [0.717, 1.165) is 10.0 Å². The Balaban J connectivity index is 0.000000206. The topological polar surface area (TPSA) is 0 Å². The van der Waals surface area contributed by atoms with Crippen molar-refractivity contribution in [3.63, 3.8) is 0 Å². The maximum Gasteiger partial charge on any atom is 0 e. The van der Waals surface area contributed by atoms with Crippen molar-refractivity contribution in [2.45, 2.75) is 0 Å². The fraction of sp³-hybridized carbons (Fsp3) is 0. The minimum absolute atomic E-state index is 0. The average Bonchev–Trinajstić information content (AvgIpc) is 2.63. The van der Waals surface area contributed by atoms with E-state index in [1.54, 1.807) is 0 Å². The van der Waals surface area contributed by atoms with Gasteiger partial charge in [0.15, 0.2) is 0 Å². The molecule has 0 N–H and O–H groups in total. The van der Waals surface area contributed by atoms with Crippen LogP contribution >= 0.6 is 23.2 Å². The molecule has 0 saturated heterocycles. The van der Waals surface area contributed by atoms with Crippen LogP contribution in [0.3, 0.4) is 0 Å². The van der Waals surface area contributed by atoms with Crippen LogP contribution in [0, 0.1) is 0 Å². The molecule has 0 heterocycles. The number of rotatable bonds is 0. The third kappa shape index (κ3) is 5.93. The normalized spacial score (nSPS) is 8.15. The summed E-state index contributed by atoms with van der Waals surface area (Å²) in [5.41, 5.74) is 0. The van der Waals surface area contributed by atoms with Crippen molar-refractivity contribution in [2.24, 2.45) is 0 Å². The van der Waals surface area contributed by atoms with Crippen molar-refractivity contribution in [1.82, 2.24) is 0 Å². The van der Waals surface area contributed by atoms with E-state index in [4.69, 9.17) is 23.2 Å². The average molecular weight is 258 g/mol. The smallest absolute Gasteiger partial charge is 0 e. The molecule has 0 nitrogen and oxygen atoms in total.